The van der Waals surface area contributed by atoms with Gasteiger partial charge in [-0.25, -0.2) is 24.3 Å². The second-order valence-corrected chi connectivity index (χ2v) is 9.25. The summed E-state index contributed by atoms with van der Waals surface area (Å²) in [5.74, 6) is -1.49. The van der Waals surface area contributed by atoms with E-state index in [2.05, 4.69) is 25.5 Å². The number of aromatic amines is 1. The number of amides is 1. The summed E-state index contributed by atoms with van der Waals surface area (Å²) in [5, 5.41) is 19.7. The van der Waals surface area contributed by atoms with Gasteiger partial charge in [-0.15, -0.1) is 0 Å². The van der Waals surface area contributed by atoms with Crippen molar-refractivity contribution in [3.63, 3.8) is 0 Å². The Balaban J connectivity index is 1.19. The Morgan fingerprint density at radius 1 is 1.08 bits per heavy atom. The number of carbonyl (C=O) groups is 2. The molecular formula is C27H25FN6O4. The van der Waals surface area contributed by atoms with Gasteiger partial charge in [-0.2, -0.15) is 5.10 Å². The van der Waals surface area contributed by atoms with Crippen LogP contribution in [0.2, 0.25) is 0 Å². The molecule has 0 radical (unpaired) electrons. The standard InChI is InChI=1S/C27H25FN6O4/c28-22-6-5-17(12-23-19-3-1-2-4-20(19)25(36)33-32-23)11-21(22)24(35)29-13-16-7-9-34(10-8-16)27-30-14-18(15-31-27)26(37)38/h1-6,11,14-16H,7-10,12-13H2,(H,29,35)(H,33,36)(H,37,38). The van der Waals surface area contributed by atoms with E-state index in [1.165, 1.54) is 24.5 Å². The van der Waals surface area contributed by atoms with Crippen molar-refractivity contribution >= 4 is 28.6 Å². The van der Waals surface area contributed by atoms with E-state index >= 15 is 0 Å². The molecule has 11 heteroatoms. The minimum atomic E-state index is -1.07. The first kappa shape index (κ1) is 25.0. The Kier molecular flexibility index (Phi) is 7.07. The van der Waals surface area contributed by atoms with Gasteiger partial charge in [-0.05, 0) is 42.5 Å². The molecule has 3 heterocycles. The maximum absolute atomic E-state index is 14.6. The molecule has 0 bridgehead atoms. The van der Waals surface area contributed by atoms with E-state index in [1.807, 2.05) is 17.0 Å². The van der Waals surface area contributed by atoms with Crippen LogP contribution in [0.5, 0.6) is 0 Å². The van der Waals surface area contributed by atoms with Gasteiger partial charge in [0.05, 0.1) is 22.2 Å². The number of H-pyrrole nitrogens is 1. The number of halogens is 1. The first-order chi connectivity index (χ1) is 18.4. The molecule has 3 N–H and O–H groups in total. The predicted octanol–water partition coefficient (Wildman–Crippen LogP) is 2.79. The van der Waals surface area contributed by atoms with E-state index in [1.54, 1.807) is 18.2 Å². The average molecular weight is 517 g/mol. The molecule has 0 unspecified atom stereocenters. The third-order valence-corrected chi connectivity index (χ3v) is 6.76. The van der Waals surface area contributed by atoms with Crippen LogP contribution >= 0.6 is 0 Å². The van der Waals surface area contributed by atoms with Gasteiger partial charge in [0.2, 0.25) is 5.95 Å². The fraction of sp³-hybridized carbons (Fsp3) is 0.259. The van der Waals surface area contributed by atoms with Gasteiger partial charge in [0, 0.05) is 43.8 Å². The summed E-state index contributed by atoms with van der Waals surface area (Å²) in [5.41, 5.74) is 1.04. The molecule has 2 aromatic heterocycles. The predicted molar refractivity (Wildman–Crippen MR) is 138 cm³/mol. The van der Waals surface area contributed by atoms with Crippen LogP contribution in [0.25, 0.3) is 10.8 Å². The lowest BCUT2D eigenvalue weighted by Gasteiger charge is -2.32. The highest BCUT2D eigenvalue weighted by atomic mass is 19.1. The third-order valence-electron chi connectivity index (χ3n) is 6.76. The van der Waals surface area contributed by atoms with Gasteiger partial charge in [0.1, 0.15) is 5.82 Å². The zero-order valence-corrected chi connectivity index (χ0v) is 20.4. The first-order valence-electron chi connectivity index (χ1n) is 12.2. The summed E-state index contributed by atoms with van der Waals surface area (Å²) in [6.45, 7) is 1.73. The number of carboxylic acid groups (broad SMARTS) is 1. The van der Waals surface area contributed by atoms with Crippen LogP contribution < -0.4 is 15.8 Å². The van der Waals surface area contributed by atoms with Gasteiger partial charge in [-0.1, -0.05) is 24.3 Å². The quantitative estimate of drug-likeness (QED) is 0.341. The summed E-state index contributed by atoms with van der Waals surface area (Å²) < 4.78 is 14.6. The molecule has 0 atom stereocenters. The summed E-state index contributed by atoms with van der Waals surface area (Å²) in [4.78, 5) is 46.1. The van der Waals surface area contributed by atoms with Crippen molar-refractivity contribution < 1.29 is 19.1 Å². The number of piperidine rings is 1. The van der Waals surface area contributed by atoms with E-state index in [-0.39, 0.29) is 22.6 Å². The molecule has 4 aromatic rings. The smallest absolute Gasteiger partial charge is 0.338 e. The van der Waals surface area contributed by atoms with E-state index in [0.29, 0.717) is 54.0 Å². The molecule has 0 saturated carbocycles. The molecule has 1 aliphatic rings. The number of nitrogens with zero attached hydrogens (tertiary/aromatic N) is 4. The molecule has 5 rings (SSSR count). The maximum atomic E-state index is 14.6. The van der Waals surface area contributed by atoms with Crippen molar-refractivity contribution in [3.05, 3.63) is 93.4 Å². The van der Waals surface area contributed by atoms with E-state index in [0.717, 1.165) is 12.8 Å². The number of fused-ring (bicyclic) bond motifs is 1. The summed E-state index contributed by atoms with van der Waals surface area (Å²) in [6.07, 6.45) is 4.45. The summed E-state index contributed by atoms with van der Waals surface area (Å²) >= 11 is 0. The molecule has 194 valence electrons. The molecule has 1 fully saturated rings. The van der Waals surface area contributed by atoms with Crippen molar-refractivity contribution in [1.82, 2.24) is 25.5 Å². The third kappa shape index (κ3) is 5.36. The Bertz CT molecular complexity index is 1550. The minimum absolute atomic E-state index is 0.0333. The van der Waals surface area contributed by atoms with Gasteiger partial charge in [0.15, 0.2) is 0 Å². The fourth-order valence-corrected chi connectivity index (χ4v) is 4.62. The molecule has 1 amide bonds. The van der Waals surface area contributed by atoms with E-state index in [9.17, 15) is 18.8 Å². The summed E-state index contributed by atoms with van der Waals surface area (Å²) in [7, 11) is 0. The van der Waals surface area contributed by atoms with Gasteiger partial charge in [-0.3, -0.25) is 9.59 Å². The molecule has 0 spiro atoms. The van der Waals surface area contributed by atoms with Crippen molar-refractivity contribution in [1.29, 1.82) is 0 Å². The second-order valence-electron chi connectivity index (χ2n) is 9.25. The van der Waals surface area contributed by atoms with Crippen LogP contribution in [0.3, 0.4) is 0 Å². The number of benzene rings is 2. The average Bonchev–Trinajstić information content (AvgIpc) is 2.94. The number of carbonyl (C=O) groups excluding carboxylic acids is 1. The monoisotopic (exact) mass is 516 g/mol. The first-order valence-corrected chi connectivity index (χ1v) is 12.2. The Labute approximate surface area is 216 Å². The number of aromatic carboxylic acids is 1. The number of rotatable bonds is 7. The normalized spacial score (nSPS) is 14.0. The van der Waals surface area contributed by atoms with Gasteiger partial charge in [0.25, 0.3) is 11.5 Å². The zero-order valence-electron chi connectivity index (χ0n) is 20.4. The highest BCUT2D eigenvalue weighted by Crippen LogP contribution is 2.21. The number of hydrogen-bond acceptors (Lipinski definition) is 7. The van der Waals surface area contributed by atoms with Crippen LogP contribution in [-0.4, -0.2) is 56.8 Å². The zero-order chi connectivity index (χ0) is 26.6. The Morgan fingerprint density at radius 2 is 1.79 bits per heavy atom. The second kappa shape index (κ2) is 10.8. The van der Waals surface area contributed by atoms with E-state index < -0.39 is 17.7 Å². The fourth-order valence-electron chi connectivity index (χ4n) is 4.62. The van der Waals surface area contributed by atoms with Gasteiger partial charge >= 0.3 is 5.97 Å². The molecule has 1 saturated heterocycles. The highest BCUT2D eigenvalue weighted by Gasteiger charge is 2.23. The number of nitrogens with one attached hydrogen (secondary N) is 2. The highest BCUT2D eigenvalue weighted by molar-refractivity contribution is 5.94. The number of hydrogen-bond donors (Lipinski definition) is 3. The van der Waals surface area contributed by atoms with Crippen molar-refractivity contribution in [2.24, 2.45) is 5.92 Å². The van der Waals surface area contributed by atoms with Crippen molar-refractivity contribution in [2.45, 2.75) is 19.3 Å². The molecule has 0 aliphatic carbocycles. The number of carboxylic acids is 1. The van der Waals surface area contributed by atoms with Crippen LogP contribution in [0.1, 0.15) is 44.8 Å². The lowest BCUT2D eigenvalue weighted by molar-refractivity contribution is 0.0695. The number of anilines is 1. The molecule has 2 aromatic carbocycles. The van der Waals surface area contributed by atoms with Gasteiger partial charge < -0.3 is 15.3 Å². The largest absolute Gasteiger partial charge is 0.478 e. The van der Waals surface area contributed by atoms with Crippen molar-refractivity contribution in [3.8, 4) is 0 Å². The topological polar surface area (TPSA) is 141 Å². The molecule has 38 heavy (non-hydrogen) atoms. The molecular weight excluding hydrogens is 491 g/mol. The van der Waals surface area contributed by atoms with Crippen LogP contribution in [-0.2, 0) is 6.42 Å². The minimum Gasteiger partial charge on any atom is -0.478 e. The maximum Gasteiger partial charge on any atom is 0.338 e. The van der Waals surface area contributed by atoms with Crippen molar-refractivity contribution in [2.75, 3.05) is 24.5 Å². The summed E-state index contributed by atoms with van der Waals surface area (Å²) in [6, 6.07) is 11.5. The lowest BCUT2D eigenvalue weighted by Crippen LogP contribution is -2.39. The molecule has 10 nitrogen and oxygen atoms in total. The Hall–Kier alpha value is -4.67. The van der Waals surface area contributed by atoms with Crippen LogP contribution in [0.4, 0.5) is 10.3 Å². The SMILES string of the molecule is O=C(O)c1cnc(N2CCC(CNC(=O)c3cc(Cc4n[nH]c(=O)c5ccccc45)ccc3F)CC2)nc1. The van der Waals surface area contributed by atoms with Crippen LogP contribution in [0, 0.1) is 11.7 Å². The lowest BCUT2D eigenvalue weighted by atomic mass is 9.96. The van der Waals surface area contributed by atoms with Crippen LogP contribution in [0.15, 0.2) is 59.7 Å². The molecule has 1 aliphatic heterocycles. The Morgan fingerprint density at radius 3 is 2.50 bits per heavy atom. The number of aromatic nitrogens is 4. The van der Waals surface area contributed by atoms with E-state index in [4.69, 9.17) is 5.11 Å².